The van der Waals surface area contributed by atoms with Crippen molar-refractivity contribution >= 4 is 29.0 Å². The standard InChI is InChI=1S/C9H17N3O2S/c1-5(6(13)11-4)12-8(14)9(2,3)7(10)15/h5H,1-4H3,(H2,10,15)(H,11,13)(H,12,14). The van der Waals surface area contributed by atoms with E-state index in [0.29, 0.717) is 0 Å². The number of hydrogen-bond donors (Lipinski definition) is 3. The van der Waals surface area contributed by atoms with Gasteiger partial charge in [0.2, 0.25) is 11.8 Å². The Kier molecular flexibility index (Phi) is 4.67. The first-order valence-corrected chi connectivity index (χ1v) is 4.96. The molecule has 0 fully saturated rings. The predicted molar refractivity (Wildman–Crippen MR) is 62.2 cm³/mol. The van der Waals surface area contributed by atoms with Crippen LogP contribution in [0, 0.1) is 5.41 Å². The molecule has 0 saturated carbocycles. The van der Waals surface area contributed by atoms with Gasteiger partial charge in [-0.1, -0.05) is 12.2 Å². The average molecular weight is 231 g/mol. The summed E-state index contributed by atoms with van der Waals surface area (Å²) in [5.41, 5.74) is 4.48. The van der Waals surface area contributed by atoms with E-state index in [0.717, 1.165) is 0 Å². The molecule has 0 saturated heterocycles. The van der Waals surface area contributed by atoms with Gasteiger partial charge in [-0.2, -0.15) is 0 Å². The minimum Gasteiger partial charge on any atom is -0.392 e. The van der Waals surface area contributed by atoms with Crippen LogP contribution in [0.5, 0.6) is 0 Å². The molecule has 0 aliphatic rings. The highest BCUT2D eigenvalue weighted by Crippen LogP contribution is 2.15. The van der Waals surface area contributed by atoms with E-state index in [4.69, 9.17) is 18.0 Å². The van der Waals surface area contributed by atoms with Gasteiger partial charge in [-0.05, 0) is 20.8 Å². The van der Waals surface area contributed by atoms with Crippen LogP contribution in [0.2, 0.25) is 0 Å². The van der Waals surface area contributed by atoms with Crippen LogP contribution in [-0.4, -0.2) is 29.9 Å². The molecule has 0 bridgehead atoms. The summed E-state index contributed by atoms with van der Waals surface area (Å²) in [7, 11) is 1.50. The molecule has 0 radical (unpaired) electrons. The third kappa shape index (κ3) is 3.47. The van der Waals surface area contributed by atoms with E-state index >= 15 is 0 Å². The van der Waals surface area contributed by atoms with Gasteiger partial charge in [0, 0.05) is 7.05 Å². The van der Waals surface area contributed by atoms with Crippen molar-refractivity contribution in [2.45, 2.75) is 26.8 Å². The SMILES string of the molecule is CNC(=O)C(C)NC(=O)C(C)(C)C(N)=S. The van der Waals surface area contributed by atoms with Gasteiger partial charge in [0.15, 0.2) is 0 Å². The van der Waals surface area contributed by atoms with Gasteiger partial charge >= 0.3 is 0 Å². The van der Waals surface area contributed by atoms with Gasteiger partial charge in [0.25, 0.3) is 0 Å². The van der Waals surface area contributed by atoms with Gasteiger partial charge in [-0.15, -0.1) is 0 Å². The average Bonchev–Trinajstić information content (AvgIpc) is 2.15. The molecule has 0 aromatic rings. The van der Waals surface area contributed by atoms with Crippen molar-refractivity contribution in [1.82, 2.24) is 10.6 Å². The molecule has 1 atom stereocenters. The molecule has 0 spiro atoms. The smallest absolute Gasteiger partial charge is 0.242 e. The molecule has 15 heavy (non-hydrogen) atoms. The number of amides is 2. The number of likely N-dealkylation sites (N-methyl/N-ethyl adjacent to an activating group) is 1. The molecule has 6 heteroatoms. The lowest BCUT2D eigenvalue weighted by Gasteiger charge is -2.24. The third-order valence-electron chi connectivity index (χ3n) is 2.17. The van der Waals surface area contributed by atoms with Gasteiger partial charge in [-0.3, -0.25) is 9.59 Å². The molecule has 4 N–H and O–H groups in total. The minimum absolute atomic E-state index is 0.101. The monoisotopic (exact) mass is 231 g/mol. The number of thiocarbonyl (C=S) groups is 1. The number of carbonyl (C=O) groups excluding carboxylic acids is 2. The first-order valence-electron chi connectivity index (χ1n) is 4.56. The lowest BCUT2D eigenvalue weighted by Crippen LogP contribution is -2.51. The fourth-order valence-electron chi connectivity index (χ4n) is 0.771. The molecular formula is C9H17N3O2S. The summed E-state index contributed by atoms with van der Waals surface area (Å²) < 4.78 is 0. The van der Waals surface area contributed by atoms with E-state index in [1.807, 2.05) is 0 Å². The molecule has 0 rings (SSSR count). The van der Waals surface area contributed by atoms with Crippen molar-refractivity contribution in [3.8, 4) is 0 Å². The largest absolute Gasteiger partial charge is 0.392 e. The maximum atomic E-state index is 11.7. The minimum atomic E-state index is -0.947. The zero-order valence-corrected chi connectivity index (χ0v) is 10.2. The Morgan fingerprint density at radius 3 is 2.20 bits per heavy atom. The second-order valence-electron chi connectivity index (χ2n) is 3.80. The Labute approximate surface area is 94.8 Å². The van der Waals surface area contributed by atoms with Crippen molar-refractivity contribution in [1.29, 1.82) is 0 Å². The molecule has 0 aromatic carbocycles. The highest BCUT2D eigenvalue weighted by atomic mass is 32.1. The Hall–Kier alpha value is -1.17. The summed E-state index contributed by atoms with van der Waals surface area (Å²) in [6, 6.07) is -0.601. The van der Waals surface area contributed by atoms with Crippen LogP contribution in [0.15, 0.2) is 0 Å². The molecule has 0 aromatic heterocycles. The van der Waals surface area contributed by atoms with Crippen LogP contribution in [-0.2, 0) is 9.59 Å². The Morgan fingerprint density at radius 2 is 1.87 bits per heavy atom. The molecule has 1 unspecified atom stereocenters. The van der Waals surface area contributed by atoms with Gasteiger partial charge in [0.1, 0.15) is 6.04 Å². The second kappa shape index (κ2) is 5.06. The van der Waals surface area contributed by atoms with Crippen LogP contribution in [0.4, 0.5) is 0 Å². The summed E-state index contributed by atoms with van der Waals surface area (Å²) in [6.07, 6.45) is 0. The topological polar surface area (TPSA) is 84.2 Å². The number of carbonyl (C=O) groups is 2. The molecule has 0 aliphatic carbocycles. The Balaban J connectivity index is 4.50. The fraction of sp³-hybridized carbons (Fsp3) is 0.667. The third-order valence-corrected chi connectivity index (χ3v) is 2.68. The van der Waals surface area contributed by atoms with E-state index in [1.54, 1.807) is 20.8 Å². The molecule has 86 valence electrons. The van der Waals surface area contributed by atoms with Crippen LogP contribution in [0.3, 0.4) is 0 Å². The summed E-state index contributed by atoms with van der Waals surface area (Å²) in [4.78, 5) is 22.9. The highest BCUT2D eigenvalue weighted by molar-refractivity contribution is 7.80. The van der Waals surface area contributed by atoms with E-state index in [9.17, 15) is 9.59 Å². The number of nitrogens with two attached hydrogens (primary N) is 1. The van der Waals surface area contributed by atoms with Gasteiger partial charge in [0.05, 0.1) is 10.4 Å². The van der Waals surface area contributed by atoms with E-state index < -0.39 is 11.5 Å². The van der Waals surface area contributed by atoms with E-state index in [-0.39, 0.29) is 16.8 Å². The summed E-state index contributed by atoms with van der Waals surface area (Å²) >= 11 is 4.77. The molecule has 2 amide bonds. The molecule has 0 aliphatic heterocycles. The maximum Gasteiger partial charge on any atom is 0.242 e. The Bertz CT molecular complexity index is 289. The van der Waals surface area contributed by atoms with Gasteiger partial charge < -0.3 is 16.4 Å². The Morgan fingerprint density at radius 1 is 1.40 bits per heavy atom. The van der Waals surface area contributed by atoms with Crippen LogP contribution < -0.4 is 16.4 Å². The summed E-state index contributed by atoms with van der Waals surface area (Å²) in [5.74, 6) is -0.617. The molecule has 5 nitrogen and oxygen atoms in total. The van der Waals surface area contributed by atoms with Crippen LogP contribution in [0.1, 0.15) is 20.8 Å². The van der Waals surface area contributed by atoms with Crippen molar-refractivity contribution in [2.24, 2.45) is 11.1 Å². The zero-order chi connectivity index (χ0) is 12.2. The van der Waals surface area contributed by atoms with E-state index in [2.05, 4.69) is 10.6 Å². The van der Waals surface area contributed by atoms with Crippen molar-refractivity contribution in [3.63, 3.8) is 0 Å². The lowest BCUT2D eigenvalue weighted by molar-refractivity contribution is -0.131. The molecule has 0 heterocycles. The summed E-state index contributed by atoms with van der Waals surface area (Å²) in [5, 5.41) is 4.97. The highest BCUT2D eigenvalue weighted by Gasteiger charge is 2.32. The van der Waals surface area contributed by atoms with Crippen molar-refractivity contribution in [3.05, 3.63) is 0 Å². The number of nitrogens with one attached hydrogen (secondary N) is 2. The van der Waals surface area contributed by atoms with E-state index in [1.165, 1.54) is 7.05 Å². The molecular weight excluding hydrogens is 214 g/mol. The lowest BCUT2D eigenvalue weighted by atomic mass is 9.92. The zero-order valence-electron chi connectivity index (χ0n) is 9.38. The predicted octanol–water partition coefficient (Wildman–Crippen LogP) is -0.451. The number of rotatable bonds is 4. The normalized spacial score (nSPS) is 12.8. The first-order chi connectivity index (χ1) is 6.73. The summed E-state index contributed by atoms with van der Waals surface area (Å²) in [6.45, 7) is 4.81. The first kappa shape index (κ1) is 13.8. The fourth-order valence-corrected chi connectivity index (χ4v) is 0.864. The second-order valence-corrected chi connectivity index (χ2v) is 4.24. The van der Waals surface area contributed by atoms with Crippen LogP contribution >= 0.6 is 12.2 Å². The number of hydrogen-bond acceptors (Lipinski definition) is 3. The van der Waals surface area contributed by atoms with Crippen LogP contribution in [0.25, 0.3) is 0 Å². The van der Waals surface area contributed by atoms with Gasteiger partial charge in [-0.25, -0.2) is 0 Å². The quantitative estimate of drug-likeness (QED) is 0.572. The maximum absolute atomic E-state index is 11.7. The van der Waals surface area contributed by atoms with Crippen molar-refractivity contribution in [2.75, 3.05) is 7.05 Å². The van der Waals surface area contributed by atoms with Crippen molar-refractivity contribution < 1.29 is 9.59 Å².